The van der Waals surface area contributed by atoms with Crippen LogP contribution < -0.4 is 0 Å². The number of hydrogen-bond acceptors (Lipinski definition) is 2. The predicted molar refractivity (Wildman–Crippen MR) is 60.8 cm³/mol. The van der Waals surface area contributed by atoms with Crippen LogP contribution in [0.3, 0.4) is 0 Å². The van der Waals surface area contributed by atoms with E-state index >= 15 is 0 Å². The zero-order chi connectivity index (χ0) is 11.8. The van der Waals surface area contributed by atoms with Crippen molar-refractivity contribution in [1.82, 2.24) is 0 Å². The lowest BCUT2D eigenvalue weighted by Crippen LogP contribution is -1.98. The maximum absolute atomic E-state index is 12.6. The summed E-state index contributed by atoms with van der Waals surface area (Å²) < 4.78 is 12.6. The Hall–Kier alpha value is -1.48. The summed E-state index contributed by atoms with van der Waals surface area (Å²) in [5, 5.41) is 8.49. The second kappa shape index (κ2) is 6.90. The highest BCUT2D eigenvalue weighted by molar-refractivity contribution is 5.95. The molecular formula is C13H15FO2. The Morgan fingerprint density at radius 1 is 1.25 bits per heavy atom. The van der Waals surface area contributed by atoms with Crippen LogP contribution in [0.5, 0.6) is 0 Å². The summed E-state index contributed by atoms with van der Waals surface area (Å²) >= 11 is 0. The van der Waals surface area contributed by atoms with Crippen molar-refractivity contribution in [3.05, 3.63) is 47.8 Å². The summed E-state index contributed by atoms with van der Waals surface area (Å²) in [5.41, 5.74) is 0.549. The van der Waals surface area contributed by atoms with Gasteiger partial charge in [0.15, 0.2) is 5.78 Å². The quantitative estimate of drug-likeness (QED) is 0.456. The van der Waals surface area contributed by atoms with Crippen LogP contribution in [0.2, 0.25) is 0 Å². The highest BCUT2D eigenvalue weighted by Crippen LogP contribution is 2.08. The molecule has 86 valence electrons. The van der Waals surface area contributed by atoms with Gasteiger partial charge in [0.05, 0.1) is 6.61 Å². The van der Waals surface area contributed by atoms with E-state index in [2.05, 4.69) is 0 Å². The molecule has 0 fully saturated rings. The van der Waals surface area contributed by atoms with Crippen LogP contribution in [0.4, 0.5) is 4.39 Å². The Balaban J connectivity index is 2.35. The van der Waals surface area contributed by atoms with Crippen LogP contribution >= 0.6 is 0 Å². The molecule has 1 rings (SSSR count). The number of unbranched alkanes of at least 4 members (excludes halogenated alkanes) is 1. The van der Waals surface area contributed by atoms with Crippen molar-refractivity contribution in [3.63, 3.8) is 0 Å². The first-order valence-corrected chi connectivity index (χ1v) is 5.28. The summed E-state index contributed by atoms with van der Waals surface area (Å²) in [6.07, 6.45) is 5.46. The molecule has 0 saturated carbocycles. The number of benzene rings is 1. The normalized spacial score (nSPS) is 10.9. The molecule has 0 unspecified atom stereocenters. The number of ketones is 1. The monoisotopic (exact) mass is 222 g/mol. The maximum atomic E-state index is 12.6. The predicted octanol–water partition coefficient (Wildman–Crippen LogP) is 2.73. The van der Waals surface area contributed by atoms with Crippen molar-refractivity contribution in [2.45, 2.75) is 19.3 Å². The van der Waals surface area contributed by atoms with Gasteiger partial charge in [-0.15, -0.1) is 0 Å². The Bertz CT molecular complexity index is 355. The molecule has 0 saturated heterocycles. The van der Waals surface area contributed by atoms with E-state index in [1.54, 1.807) is 6.08 Å². The van der Waals surface area contributed by atoms with E-state index in [1.807, 2.05) is 6.08 Å². The molecule has 0 aromatic heterocycles. The lowest BCUT2D eigenvalue weighted by Gasteiger charge is -1.99. The molecule has 0 aliphatic rings. The Kier molecular flexibility index (Phi) is 5.43. The lowest BCUT2D eigenvalue weighted by atomic mass is 10.1. The highest BCUT2D eigenvalue weighted by atomic mass is 19.1. The largest absolute Gasteiger partial charge is 0.392 e. The SMILES string of the molecule is O=C(CCC/C=C/CO)c1ccc(F)cc1. The fraction of sp³-hybridized carbons (Fsp3) is 0.308. The first-order chi connectivity index (χ1) is 7.74. The number of Topliss-reactive ketones (excluding diaryl/α,β-unsaturated/α-hetero) is 1. The van der Waals surface area contributed by atoms with Gasteiger partial charge in [0.25, 0.3) is 0 Å². The average molecular weight is 222 g/mol. The van der Waals surface area contributed by atoms with Gasteiger partial charge in [-0.3, -0.25) is 4.79 Å². The fourth-order valence-corrected chi connectivity index (χ4v) is 1.35. The number of hydrogen-bond donors (Lipinski definition) is 1. The van der Waals surface area contributed by atoms with Crippen molar-refractivity contribution in [1.29, 1.82) is 0 Å². The molecule has 3 heteroatoms. The van der Waals surface area contributed by atoms with Crippen molar-refractivity contribution in [2.24, 2.45) is 0 Å². The van der Waals surface area contributed by atoms with E-state index in [9.17, 15) is 9.18 Å². The standard InChI is InChI=1S/C13H15FO2/c14-12-8-6-11(7-9-12)13(16)5-3-1-2-4-10-15/h2,4,6-9,15H,1,3,5,10H2/b4-2+. The minimum absolute atomic E-state index is 0.0254. The van der Waals surface area contributed by atoms with Gasteiger partial charge in [0.2, 0.25) is 0 Å². The number of aliphatic hydroxyl groups is 1. The number of aliphatic hydroxyl groups excluding tert-OH is 1. The lowest BCUT2D eigenvalue weighted by molar-refractivity contribution is 0.0980. The van der Waals surface area contributed by atoms with Crippen LogP contribution in [-0.4, -0.2) is 17.5 Å². The molecule has 0 heterocycles. The van der Waals surface area contributed by atoms with Gasteiger partial charge in [-0.05, 0) is 37.1 Å². The van der Waals surface area contributed by atoms with Gasteiger partial charge >= 0.3 is 0 Å². The Morgan fingerprint density at radius 3 is 2.56 bits per heavy atom. The van der Waals surface area contributed by atoms with E-state index in [4.69, 9.17) is 5.11 Å². The summed E-state index contributed by atoms with van der Waals surface area (Å²) in [6, 6.07) is 5.58. The number of halogens is 1. The molecule has 1 aromatic rings. The van der Waals surface area contributed by atoms with E-state index < -0.39 is 0 Å². The fourth-order valence-electron chi connectivity index (χ4n) is 1.35. The molecule has 0 atom stereocenters. The molecule has 0 amide bonds. The molecule has 0 aliphatic carbocycles. The van der Waals surface area contributed by atoms with Crippen molar-refractivity contribution < 1.29 is 14.3 Å². The minimum atomic E-state index is -0.331. The van der Waals surface area contributed by atoms with Gasteiger partial charge in [0, 0.05) is 12.0 Å². The van der Waals surface area contributed by atoms with E-state index in [0.717, 1.165) is 12.8 Å². The van der Waals surface area contributed by atoms with Crippen LogP contribution in [-0.2, 0) is 0 Å². The molecule has 2 nitrogen and oxygen atoms in total. The van der Waals surface area contributed by atoms with Crippen molar-refractivity contribution in [2.75, 3.05) is 6.61 Å². The van der Waals surface area contributed by atoms with Gasteiger partial charge in [-0.25, -0.2) is 4.39 Å². The third-order valence-corrected chi connectivity index (χ3v) is 2.21. The Labute approximate surface area is 94.4 Å². The van der Waals surface area contributed by atoms with E-state index in [1.165, 1.54) is 24.3 Å². The van der Waals surface area contributed by atoms with Crippen molar-refractivity contribution >= 4 is 5.78 Å². The van der Waals surface area contributed by atoms with Crippen LogP contribution in [0.25, 0.3) is 0 Å². The summed E-state index contributed by atoms with van der Waals surface area (Å²) in [6.45, 7) is 0.0336. The van der Waals surface area contributed by atoms with E-state index in [0.29, 0.717) is 12.0 Å². The van der Waals surface area contributed by atoms with Gasteiger partial charge in [0.1, 0.15) is 5.82 Å². The number of rotatable bonds is 6. The topological polar surface area (TPSA) is 37.3 Å². The maximum Gasteiger partial charge on any atom is 0.162 e. The molecule has 0 aliphatic heterocycles. The number of carbonyl (C=O) groups is 1. The zero-order valence-electron chi connectivity index (χ0n) is 9.03. The molecule has 0 bridgehead atoms. The summed E-state index contributed by atoms with van der Waals surface area (Å²) in [7, 11) is 0. The third-order valence-electron chi connectivity index (χ3n) is 2.21. The first kappa shape index (κ1) is 12.6. The second-order valence-corrected chi connectivity index (χ2v) is 3.48. The minimum Gasteiger partial charge on any atom is -0.392 e. The van der Waals surface area contributed by atoms with E-state index in [-0.39, 0.29) is 18.2 Å². The van der Waals surface area contributed by atoms with Crippen LogP contribution in [0, 0.1) is 5.82 Å². The average Bonchev–Trinajstić information content (AvgIpc) is 2.29. The van der Waals surface area contributed by atoms with Gasteiger partial charge in [-0.2, -0.15) is 0 Å². The third kappa shape index (κ3) is 4.36. The van der Waals surface area contributed by atoms with Crippen LogP contribution in [0.1, 0.15) is 29.6 Å². The van der Waals surface area contributed by atoms with Crippen molar-refractivity contribution in [3.8, 4) is 0 Å². The molecule has 1 N–H and O–H groups in total. The first-order valence-electron chi connectivity index (χ1n) is 5.28. The smallest absolute Gasteiger partial charge is 0.162 e. The second-order valence-electron chi connectivity index (χ2n) is 3.48. The van der Waals surface area contributed by atoms with Crippen LogP contribution in [0.15, 0.2) is 36.4 Å². The molecule has 16 heavy (non-hydrogen) atoms. The number of allylic oxidation sites excluding steroid dienone is 1. The molecule has 0 spiro atoms. The van der Waals surface area contributed by atoms with Gasteiger partial charge < -0.3 is 5.11 Å². The Morgan fingerprint density at radius 2 is 1.94 bits per heavy atom. The summed E-state index contributed by atoms with van der Waals surface area (Å²) in [5.74, 6) is -0.306. The highest BCUT2D eigenvalue weighted by Gasteiger charge is 2.04. The summed E-state index contributed by atoms with van der Waals surface area (Å²) in [4.78, 5) is 11.6. The molecule has 1 aromatic carbocycles. The zero-order valence-corrected chi connectivity index (χ0v) is 9.03. The molecular weight excluding hydrogens is 207 g/mol. The molecule has 0 radical (unpaired) electrons. The number of carbonyl (C=O) groups excluding carboxylic acids is 1. The van der Waals surface area contributed by atoms with Gasteiger partial charge in [-0.1, -0.05) is 12.2 Å².